The Hall–Kier alpha value is -4.01. The zero-order chi connectivity index (χ0) is 17.5. The lowest BCUT2D eigenvalue weighted by atomic mass is 10.2. The number of para-hydroxylation sites is 1. The third kappa shape index (κ3) is 2.22. The van der Waals surface area contributed by atoms with Crippen LogP contribution in [0.3, 0.4) is 0 Å². The molecule has 0 saturated carbocycles. The van der Waals surface area contributed by atoms with Crippen LogP contribution < -0.4 is 10.9 Å². The Kier molecular flexibility index (Phi) is 3.04. The predicted octanol–water partition coefficient (Wildman–Crippen LogP) is 2.40. The lowest BCUT2D eigenvalue weighted by molar-refractivity contribution is 0.0958. The van der Waals surface area contributed by atoms with E-state index < -0.39 is 5.91 Å². The highest BCUT2D eigenvalue weighted by Crippen LogP contribution is 2.29. The summed E-state index contributed by atoms with van der Waals surface area (Å²) in [6.07, 6.45) is 4.59. The Morgan fingerprint density at radius 3 is 3.00 bits per heavy atom. The van der Waals surface area contributed by atoms with Crippen LogP contribution >= 0.6 is 0 Å². The Morgan fingerprint density at radius 2 is 2.04 bits per heavy atom. The number of nitrogens with one attached hydrogen (secondary N) is 3. The van der Waals surface area contributed by atoms with E-state index in [0.717, 1.165) is 16.3 Å². The number of furan rings is 1. The number of amides is 1. The molecule has 4 aromatic heterocycles. The van der Waals surface area contributed by atoms with Gasteiger partial charge in [0.2, 0.25) is 0 Å². The van der Waals surface area contributed by atoms with Crippen molar-refractivity contribution in [1.82, 2.24) is 30.6 Å². The molecule has 0 aliphatic heterocycles. The van der Waals surface area contributed by atoms with Gasteiger partial charge < -0.3 is 4.42 Å². The number of pyridine rings is 1. The molecule has 0 saturated heterocycles. The first-order valence-electron chi connectivity index (χ1n) is 7.77. The Bertz CT molecular complexity index is 1270. The largest absolute Gasteiger partial charge is 0.450 e. The highest BCUT2D eigenvalue weighted by molar-refractivity contribution is 6.05. The summed E-state index contributed by atoms with van der Waals surface area (Å²) in [5.74, 6) is -0.0417. The molecular weight excluding hydrogens is 334 g/mol. The van der Waals surface area contributed by atoms with Crippen LogP contribution in [-0.4, -0.2) is 31.1 Å². The standard InChI is InChI=1S/C17H11N7O2/c25-17(11-5-9-6-21-22-12(9)7-18-11)24-23-16-15-14(19-8-20-16)10-3-1-2-4-13(10)26-15/h1-8H,(H,21,22)(H,24,25)(H,19,20,23). The van der Waals surface area contributed by atoms with Crippen LogP contribution in [0.1, 0.15) is 10.5 Å². The number of benzene rings is 1. The molecule has 5 aromatic rings. The van der Waals surface area contributed by atoms with E-state index in [9.17, 15) is 4.79 Å². The van der Waals surface area contributed by atoms with Crippen molar-refractivity contribution in [2.24, 2.45) is 0 Å². The third-order valence-corrected chi connectivity index (χ3v) is 4.01. The van der Waals surface area contributed by atoms with Crippen LogP contribution in [0.5, 0.6) is 0 Å². The lowest BCUT2D eigenvalue weighted by Crippen LogP contribution is -2.30. The summed E-state index contributed by atoms with van der Waals surface area (Å²) in [5.41, 5.74) is 8.20. The molecule has 0 unspecified atom stereocenters. The van der Waals surface area contributed by atoms with Crippen molar-refractivity contribution < 1.29 is 9.21 Å². The molecule has 0 spiro atoms. The predicted molar refractivity (Wildman–Crippen MR) is 94.3 cm³/mol. The minimum Gasteiger partial charge on any atom is -0.450 e. The van der Waals surface area contributed by atoms with Crippen molar-refractivity contribution in [3.05, 3.63) is 54.7 Å². The summed E-state index contributed by atoms with van der Waals surface area (Å²) in [6, 6.07) is 9.20. The molecule has 26 heavy (non-hydrogen) atoms. The van der Waals surface area contributed by atoms with E-state index in [2.05, 4.69) is 36.0 Å². The van der Waals surface area contributed by atoms with E-state index in [0.29, 0.717) is 22.5 Å². The number of aromatic amines is 1. The number of fused-ring (bicyclic) bond motifs is 4. The van der Waals surface area contributed by atoms with Gasteiger partial charge in [-0.3, -0.25) is 20.7 Å². The fourth-order valence-electron chi connectivity index (χ4n) is 2.76. The van der Waals surface area contributed by atoms with Crippen molar-refractivity contribution in [2.45, 2.75) is 0 Å². The van der Waals surface area contributed by atoms with E-state index >= 15 is 0 Å². The normalized spacial score (nSPS) is 11.2. The van der Waals surface area contributed by atoms with Crippen LogP contribution in [0.4, 0.5) is 5.82 Å². The van der Waals surface area contributed by atoms with Crippen molar-refractivity contribution in [3.8, 4) is 0 Å². The molecule has 1 aromatic carbocycles. The highest BCUT2D eigenvalue weighted by atomic mass is 16.3. The van der Waals surface area contributed by atoms with Crippen LogP contribution in [0.15, 0.2) is 53.5 Å². The number of nitrogens with zero attached hydrogens (tertiary/aromatic N) is 4. The molecular formula is C17H11N7O2. The van der Waals surface area contributed by atoms with Gasteiger partial charge in [-0.15, -0.1) is 0 Å². The van der Waals surface area contributed by atoms with Gasteiger partial charge in [0.05, 0.1) is 17.9 Å². The van der Waals surface area contributed by atoms with Gasteiger partial charge in [0.1, 0.15) is 23.1 Å². The number of carbonyl (C=O) groups excluding carboxylic acids is 1. The summed E-state index contributed by atoms with van der Waals surface area (Å²) in [5, 5.41) is 8.37. The second-order valence-corrected chi connectivity index (χ2v) is 5.60. The first kappa shape index (κ1) is 14.3. The van der Waals surface area contributed by atoms with Crippen LogP contribution in [0.25, 0.3) is 33.0 Å². The molecule has 1 amide bonds. The van der Waals surface area contributed by atoms with Gasteiger partial charge >= 0.3 is 0 Å². The molecule has 9 nitrogen and oxygen atoms in total. The average molecular weight is 345 g/mol. The maximum Gasteiger partial charge on any atom is 0.288 e. The highest BCUT2D eigenvalue weighted by Gasteiger charge is 2.14. The molecule has 0 bridgehead atoms. The number of hydrogen-bond donors (Lipinski definition) is 3. The number of aromatic nitrogens is 5. The topological polar surface area (TPSA) is 122 Å². The fraction of sp³-hybridized carbons (Fsp3) is 0. The molecule has 0 aliphatic rings. The molecule has 126 valence electrons. The minimum absolute atomic E-state index is 0.251. The van der Waals surface area contributed by atoms with Gasteiger partial charge in [-0.25, -0.2) is 15.0 Å². The Labute approximate surface area is 145 Å². The number of carbonyl (C=O) groups is 1. The maximum absolute atomic E-state index is 12.4. The van der Waals surface area contributed by atoms with Crippen LogP contribution in [0, 0.1) is 0 Å². The van der Waals surface area contributed by atoms with Gasteiger partial charge in [-0.2, -0.15) is 5.10 Å². The molecule has 4 heterocycles. The van der Waals surface area contributed by atoms with Gasteiger partial charge in [0, 0.05) is 10.8 Å². The summed E-state index contributed by atoms with van der Waals surface area (Å²) < 4.78 is 5.80. The van der Waals surface area contributed by atoms with Gasteiger partial charge in [0.15, 0.2) is 11.4 Å². The minimum atomic E-state index is -0.407. The van der Waals surface area contributed by atoms with Crippen molar-refractivity contribution in [3.63, 3.8) is 0 Å². The third-order valence-electron chi connectivity index (χ3n) is 4.01. The molecule has 3 N–H and O–H groups in total. The van der Waals surface area contributed by atoms with Crippen molar-refractivity contribution in [2.75, 3.05) is 5.43 Å². The summed E-state index contributed by atoms with van der Waals surface area (Å²) in [4.78, 5) is 24.9. The molecule has 0 radical (unpaired) electrons. The van der Waals surface area contributed by atoms with E-state index in [1.165, 1.54) is 6.33 Å². The molecule has 0 fully saturated rings. The fourth-order valence-corrected chi connectivity index (χ4v) is 2.76. The quantitative estimate of drug-likeness (QED) is 0.429. The number of rotatable bonds is 3. The Balaban J connectivity index is 1.45. The SMILES string of the molecule is O=C(NNc1ncnc2c1oc1ccccc12)c1cc2cn[nH]c2cn1. The zero-order valence-corrected chi connectivity index (χ0v) is 13.2. The monoisotopic (exact) mass is 345 g/mol. The lowest BCUT2D eigenvalue weighted by Gasteiger charge is -2.07. The second-order valence-electron chi connectivity index (χ2n) is 5.60. The number of hydrogen-bond acceptors (Lipinski definition) is 7. The summed E-state index contributed by atoms with van der Waals surface area (Å²) in [6.45, 7) is 0. The second kappa shape index (κ2) is 5.52. The van der Waals surface area contributed by atoms with E-state index in [-0.39, 0.29) is 5.69 Å². The summed E-state index contributed by atoms with van der Waals surface area (Å²) in [7, 11) is 0. The Morgan fingerprint density at radius 1 is 1.12 bits per heavy atom. The van der Waals surface area contributed by atoms with Gasteiger partial charge in [-0.1, -0.05) is 12.1 Å². The van der Waals surface area contributed by atoms with Crippen LogP contribution in [-0.2, 0) is 0 Å². The smallest absolute Gasteiger partial charge is 0.288 e. The molecule has 0 aliphatic carbocycles. The van der Waals surface area contributed by atoms with Crippen molar-refractivity contribution in [1.29, 1.82) is 0 Å². The van der Waals surface area contributed by atoms with Crippen molar-refractivity contribution >= 4 is 44.7 Å². The average Bonchev–Trinajstić information content (AvgIpc) is 3.30. The van der Waals surface area contributed by atoms with Crippen LogP contribution in [0.2, 0.25) is 0 Å². The van der Waals surface area contributed by atoms with E-state index in [1.807, 2.05) is 24.3 Å². The summed E-state index contributed by atoms with van der Waals surface area (Å²) >= 11 is 0. The van der Waals surface area contributed by atoms with E-state index in [4.69, 9.17) is 4.42 Å². The number of anilines is 1. The zero-order valence-electron chi connectivity index (χ0n) is 13.2. The first-order chi connectivity index (χ1) is 12.8. The number of H-pyrrole nitrogens is 1. The molecule has 9 heteroatoms. The molecule has 0 atom stereocenters. The number of hydrazine groups is 1. The van der Waals surface area contributed by atoms with Gasteiger partial charge in [-0.05, 0) is 18.2 Å². The van der Waals surface area contributed by atoms with Gasteiger partial charge in [0.25, 0.3) is 5.91 Å². The first-order valence-corrected chi connectivity index (χ1v) is 7.77. The van der Waals surface area contributed by atoms with E-state index in [1.54, 1.807) is 18.5 Å². The molecule has 5 rings (SSSR count). The maximum atomic E-state index is 12.4.